The Kier molecular flexibility index (Phi) is 4.86. The molecule has 0 aromatic carbocycles. The predicted molar refractivity (Wildman–Crippen MR) is 83.9 cm³/mol. The van der Waals surface area contributed by atoms with Crippen LogP contribution in [0.2, 0.25) is 0 Å². The molecule has 0 saturated carbocycles. The van der Waals surface area contributed by atoms with Gasteiger partial charge in [-0.1, -0.05) is 55.4 Å². The molecule has 0 bridgehead atoms. The lowest BCUT2D eigenvalue weighted by Gasteiger charge is -2.27. The van der Waals surface area contributed by atoms with Crippen LogP contribution < -0.4 is 0 Å². The van der Waals surface area contributed by atoms with E-state index in [9.17, 15) is 0 Å². The molecule has 0 fully saturated rings. The maximum Gasteiger partial charge on any atom is 0.112 e. The topological polar surface area (TPSA) is 28.7 Å². The van der Waals surface area contributed by atoms with E-state index in [2.05, 4.69) is 60.4 Å². The molecule has 0 aliphatic carbocycles. The van der Waals surface area contributed by atoms with Gasteiger partial charge in [0.05, 0.1) is 5.69 Å². The van der Waals surface area contributed by atoms with Gasteiger partial charge in [0.1, 0.15) is 5.82 Å². The minimum Gasteiger partial charge on any atom is -0.345 e. The summed E-state index contributed by atoms with van der Waals surface area (Å²) in [6.07, 6.45) is 3.40. The molecule has 1 heterocycles. The van der Waals surface area contributed by atoms with Crippen molar-refractivity contribution in [2.45, 2.75) is 91.4 Å². The normalized spacial score (nSPS) is 13.3. The lowest BCUT2D eigenvalue weighted by atomic mass is 9.79. The van der Waals surface area contributed by atoms with E-state index in [0.29, 0.717) is 5.92 Å². The molecule has 1 rings (SSSR count). The number of rotatable bonds is 6. The second kappa shape index (κ2) is 5.68. The van der Waals surface area contributed by atoms with E-state index >= 15 is 0 Å². The molecule has 0 saturated heterocycles. The van der Waals surface area contributed by atoms with Crippen LogP contribution in [0.25, 0.3) is 0 Å². The summed E-state index contributed by atoms with van der Waals surface area (Å²) in [6, 6.07) is 0. The zero-order chi connectivity index (χ0) is 14.8. The van der Waals surface area contributed by atoms with Crippen molar-refractivity contribution in [3.63, 3.8) is 0 Å². The average Bonchev–Trinajstić information content (AvgIpc) is 2.84. The predicted octanol–water partition coefficient (Wildman–Crippen LogP) is 5.30. The van der Waals surface area contributed by atoms with Crippen LogP contribution in [0.5, 0.6) is 0 Å². The molecule has 0 spiro atoms. The van der Waals surface area contributed by atoms with Gasteiger partial charge in [0, 0.05) is 16.5 Å². The highest BCUT2D eigenvalue weighted by Gasteiger charge is 2.32. The van der Waals surface area contributed by atoms with E-state index in [1.807, 2.05) is 0 Å². The monoisotopic (exact) mass is 264 g/mol. The first-order valence-corrected chi connectivity index (χ1v) is 7.82. The van der Waals surface area contributed by atoms with E-state index in [1.165, 1.54) is 11.4 Å². The van der Waals surface area contributed by atoms with Gasteiger partial charge in [-0.15, -0.1) is 0 Å². The number of aromatic nitrogens is 2. The molecule has 0 aliphatic rings. The zero-order valence-corrected chi connectivity index (χ0v) is 14.1. The highest BCUT2D eigenvalue weighted by molar-refractivity contribution is 5.28. The first-order valence-electron chi connectivity index (χ1n) is 7.82. The molecule has 110 valence electrons. The van der Waals surface area contributed by atoms with Gasteiger partial charge in [-0.3, -0.25) is 0 Å². The zero-order valence-electron chi connectivity index (χ0n) is 14.1. The second-order valence-electron chi connectivity index (χ2n) is 7.01. The molecule has 0 atom stereocenters. The van der Waals surface area contributed by atoms with Crippen LogP contribution >= 0.6 is 0 Å². The fraction of sp³-hybridized carbons (Fsp3) is 0.824. The van der Waals surface area contributed by atoms with Crippen LogP contribution in [0, 0.1) is 0 Å². The van der Waals surface area contributed by atoms with Gasteiger partial charge >= 0.3 is 0 Å². The molecular formula is C17H32N2. The summed E-state index contributed by atoms with van der Waals surface area (Å²) in [7, 11) is 0. The highest BCUT2D eigenvalue weighted by Crippen LogP contribution is 2.37. The summed E-state index contributed by atoms with van der Waals surface area (Å²) in [5, 5.41) is 0. The van der Waals surface area contributed by atoms with Crippen LogP contribution in [-0.2, 0) is 10.8 Å². The number of imidazole rings is 1. The Bertz CT molecular complexity index is 409. The Hall–Kier alpha value is -0.790. The van der Waals surface area contributed by atoms with Crippen LogP contribution in [0.3, 0.4) is 0 Å². The van der Waals surface area contributed by atoms with E-state index in [1.54, 1.807) is 0 Å². The van der Waals surface area contributed by atoms with Crippen molar-refractivity contribution in [3.05, 3.63) is 17.2 Å². The van der Waals surface area contributed by atoms with Crippen molar-refractivity contribution >= 4 is 0 Å². The largest absolute Gasteiger partial charge is 0.345 e. The summed E-state index contributed by atoms with van der Waals surface area (Å²) >= 11 is 0. The van der Waals surface area contributed by atoms with Crippen LogP contribution in [0.4, 0.5) is 0 Å². The average molecular weight is 264 g/mol. The Morgan fingerprint density at radius 3 is 1.89 bits per heavy atom. The number of nitrogens with zero attached hydrogens (tertiary/aromatic N) is 1. The number of aromatic amines is 1. The smallest absolute Gasteiger partial charge is 0.112 e. The van der Waals surface area contributed by atoms with Gasteiger partial charge < -0.3 is 4.98 Å². The van der Waals surface area contributed by atoms with Gasteiger partial charge in [0.25, 0.3) is 0 Å². The standard InChI is InChI=1S/C17H32N2/c1-9-16(6,7)15-18-13(12(4)5)14(19-15)17(8,10-2)11-3/h12H,9-11H2,1-8H3,(H,18,19). The summed E-state index contributed by atoms with van der Waals surface area (Å²) < 4.78 is 0. The molecule has 1 aromatic rings. The summed E-state index contributed by atoms with van der Waals surface area (Å²) in [6.45, 7) is 18.2. The second-order valence-corrected chi connectivity index (χ2v) is 7.01. The fourth-order valence-corrected chi connectivity index (χ4v) is 2.36. The van der Waals surface area contributed by atoms with E-state index in [4.69, 9.17) is 4.98 Å². The van der Waals surface area contributed by atoms with Crippen molar-refractivity contribution in [1.29, 1.82) is 0 Å². The van der Waals surface area contributed by atoms with Gasteiger partial charge in [-0.2, -0.15) is 0 Å². The molecule has 0 radical (unpaired) electrons. The SMILES string of the molecule is CCC(C)(C)c1nc(C(C)C)c(C(C)(CC)CC)[nH]1. The number of H-pyrrole nitrogens is 1. The minimum absolute atomic E-state index is 0.129. The molecule has 19 heavy (non-hydrogen) atoms. The van der Waals surface area contributed by atoms with Gasteiger partial charge in [-0.05, 0) is 25.2 Å². The summed E-state index contributed by atoms with van der Waals surface area (Å²) in [5.41, 5.74) is 2.98. The fourth-order valence-electron chi connectivity index (χ4n) is 2.36. The number of hydrogen-bond donors (Lipinski definition) is 1. The first kappa shape index (κ1) is 16.3. The Labute approximate surface area is 119 Å². The summed E-state index contributed by atoms with van der Waals surface area (Å²) in [5.74, 6) is 1.63. The molecule has 2 heteroatoms. The Balaban J connectivity index is 3.39. The maximum atomic E-state index is 4.96. The molecular weight excluding hydrogens is 232 g/mol. The quantitative estimate of drug-likeness (QED) is 0.742. The lowest BCUT2D eigenvalue weighted by molar-refractivity contribution is 0.417. The number of hydrogen-bond acceptors (Lipinski definition) is 1. The van der Waals surface area contributed by atoms with Crippen molar-refractivity contribution in [3.8, 4) is 0 Å². The third kappa shape index (κ3) is 3.04. The summed E-state index contributed by atoms with van der Waals surface area (Å²) in [4.78, 5) is 8.64. The van der Waals surface area contributed by atoms with Crippen molar-refractivity contribution in [2.24, 2.45) is 0 Å². The minimum atomic E-state index is 0.129. The van der Waals surface area contributed by atoms with Crippen molar-refractivity contribution in [1.82, 2.24) is 9.97 Å². The van der Waals surface area contributed by atoms with Gasteiger partial charge in [-0.25, -0.2) is 4.98 Å². The lowest BCUT2D eigenvalue weighted by Crippen LogP contribution is -2.23. The van der Waals surface area contributed by atoms with Crippen LogP contribution in [-0.4, -0.2) is 9.97 Å². The van der Waals surface area contributed by atoms with Crippen molar-refractivity contribution < 1.29 is 0 Å². The third-order valence-electron chi connectivity index (χ3n) is 4.97. The van der Waals surface area contributed by atoms with Gasteiger partial charge in [0.15, 0.2) is 0 Å². The van der Waals surface area contributed by atoms with Crippen molar-refractivity contribution in [2.75, 3.05) is 0 Å². The molecule has 0 aliphatic heterocycles. The molecule has 1 aromatic heterocycles. The molecule has 0 unspecified atom stereocenters. The number of nitrogens with one attached hydrogen (secondary N) is 1. The first-order chi connectivity index (χ1) is 8.71. The maximum absolute atomic E-state index is 4.96. The highest BCUT2D eigenvalue weighted by atomic mass is 15.0. The Morgan fingerprint density at radius 1 is 1.00 bits per heavy atom. The Morgan fingerprint density at radius 2 is 1.53 bits per heavy atom. The van der Waals surface area contributed by atoms with Crippen LogP contribution in [0.15, 0.2) is 0 Å². The molecule has 2 nitrogen and oxygen atoms in total. The van der Waals surface area contributed by atoms with Gasteiger partial charge in [0.2, 0.25) is 0 Å². The van der Waals surface area contributed by atoms with E-state index in [0.717, 1.165) is 25.1 Å². The van der Waals surface area contributed by atoms with Crippen LogP contribution in [0.1, 0.15) is 97.8 Å². The third-order valence-corrected chi connectivity index (χ3v) is 4.97. The molecule has 1 N–H and O–H groups in total. The molecule has 0 amide bonds. The van der Waals surface area contributed by atoms with E-state index < -0.39 is 0 Å². The van der Waals surface area contributed by atoms with E-state index in [-0.39, 0.29) is 10.8 Å².